The molecule has 0 saturated heterocycles. The maximum absolute atomic E-state index is 12.6. The number of rotatable bonds is 7. The van der Waals surface area contributed by atoms with Gasteiger partial charge >= 0.3 is 0 Å². The molecule has 0 radical (unpaired) electrons. The number of aliphatic imine (C=N–C) groups is 1. The molecule has 1 aliphatic rings. The van der Waals surface area contributed by atoms with Crippen molar-refractivity contribution in [1.29, 1.82) is 0 Å². The highest BCUT2D eigenvalue weighted by atomic mass is 16.5. The predicted octanol–water partition coefficient (Wildman–Crippen LogP) is 4.26. The first-order valence-electron chi connectivity index (χ1n) is 9.78. The van der Waals surface area contributed by atoms with Gasteiger partial charge in [-0.2, -0.15) is 0 Å². The minimum absolute atomic E-state index is 0.0178. The topological polar surface area (TPSA) is 83.0 Å². The van der Waals surface area contributed by atoms with Crippen LogP contribution in [0.25, 0.3) is 5.57 Å². The van der Waals surface area contributed by atoms with Gasteiger partial charge in [-0.3, -0.25) is 9.79 Å². The number of phenols is 1. The van der Waals surface area contributed by atoms with E-state index in [0.717, 1.165) is 23.2 Å². The molecule has 3 rings (SSSR count). The smallest absolute Gasteiger partial charge is 0.273 e. The molecule has 6 heteroatoms. The van der Waals surface area contributed by atoms with Crippen molar-refractivity contribution in [3.05, 3.63) is 53.6 Å². The molecule has 0 atom stereocenters. The molecule has 2 aromatic rings. The van der Waals surface area contributed by atoms with Crippen molar-refractivity contribution in [2.45, 2.75) is 33.3 Å². The van der Waals surface area contributed by atoms with E-state index < -0.39 is 0 Å². The van der Waals surface area contributed by atoms with E-state index in [1.165, 1.54) is 11.6 Å². The van der Waals surface area contributed by atoms with Crippen molar-refractivity contribution < 1.29 is 14.6 Å². The third kappa shape index (κ3) is 4.77. The zero-order valence-electron chi connectivity index (χ0n) is 17.2. The Bertz CT molecular complexity index is 977. The number of ether oxygens (including phenoxy) is 1. The summed E-state index contributed by atoms with van der Waals surface area (Å²) in [5, 5.41) is 16.1. The lowest BCUT2D eigenvalue weighted by atomic mass is 10.0. The fraction of sp³-hybridized carbons (Fsp3) is 0.304. The molecule has 0 bridgehead atoms. The Hall–Kier alpha value is -3.28. The predicted molar refractivity (Wildman–Crippen MR) is 118 cm³/mol. The maximum atomic E-state index is 12.6. The van der Waals surface area contributed by atoms with Gasteiger partial charge in [0.05, 0.1) is 12.6 Å². The van der Waals surface area contributed by atoms with Crippen LogP contribution in [0.5, 0.6) is 11.5 Å². The molecular formula is C23H27N3O3. The summed E-state index contributed by atoms with van der Waals surface area (Å²) in [6, 6.07) is 11.1. The monoisotopic (exact) mass is 393 g/mol. The van der Waals surface area contributed by atoms with Crippen LogP contribution in [0, 0.1) is 0 Å². The fourth-order valence-electron chi connectivity index (χ4n) is 3.17. The van der Waals surface area contributed by atoms with Crippen LogP contribution in [0.15, 0.2) is 47.5 Å². The van der Waals surface area contributed by atoms with Crippen molar-refractivity contribution in [2.75, 3.05) is 24.2 Å². The van der Waals surface area contributed by atoms with Crippen LogP contribution in [0.3, 0.4) is 0 Å². The summed E-state index contributed by atoms with van der Waals surface area (Å²) in [6.07, 6.45) is 2.73. The molecule has 1 amide bonds. The summed E-state index contributed by atoms with van der Waals surface area (Å²) in [7, 11) is 1.89. The van der Waals surface area contributed by atoms with Crippen LogP contribution < -0.4 is 15.4 Å². The second-order valence-electron chi connectivity index (χ2n) is 7.16. The van der Waals surface area contributed by atoms with E-state index in [1.54, 1.807) is 12.1 Å². The summed E-state index contributed by atoms with van der Waals surface area (Å²) in [5.74, 6) is 0.0531. The number of nitrogens with zero attached hydrogens (tertiary/aromatic N) is 1. The third-order valence-electron chi connectivity index (χ3n) is 4.65. The lowest BCUT2D eigenvalue weighted by molar-refractivity contribution is -0.110. The van der Waals surface area contributed by atoms with Crippen molar-refractivity contribution in [3.8, 4) is 11.5 Å². The van der Waals surface area contributed by atoms with Crippen molar-refractivity contribution in [1.82, 2.24) is 0 Å². The number of amides is 1. The van der Waals surface area contributed by atoms with E-state index >= 15 is 0 Å². The first-order valence-corrected chi connectivity index (χ1v) is 9.78. The van der Waals surface area contributed by atoms with Gasteiger partial charge in [0.2, 0.25) is 0 Å². The van der Waals surface area contributed by atoms with Crippen molar-refractivity contribution >= 4 is 28.6 Å². The Morgan fingerprint density at radius 1 is 1.24 bits per heavy atom. The summed E-state index contributed by atoms with van der Waals surface area (Å²) in [4.78, 5) is 17.0. The van der Waals surface area contributed by atoms with E-state index in [4.69, 9.17) is 4.74 Å². The average molecular weight is 393 g/mol. The Morgan fingerprint density at radius 2 is 2.03 bits per heavy atom. The van der Waals surface area contributed by atoms with E-state index in [1.807, 2.05) is 27.0 Å². The Kier molecular flexibility index (Phi) is 6.22. The standard InChI is InChI=1S/C23H27N3O3/c1-5-15-6-8-18(19(10-15)24-4)16-11-20(25-13-16)23(28)26-17-7-9-22(21(27)12-17)29-14(2)3/h6-12,14,24,27H,5,13H2,1-4H3,(H,26,28). The van der Waals surface area contributed by atoms with Crippen LogP contribution >= 0.6 is 0 Å². The maximum Gasteiger partial charge on any atom is 0.273 e. The molecule has 0 aliphatic carbocycles. The number of nitrogens with one attached hydrogen (secondary N) is 2. The van der Waals surface area contributed by atoms with Gasteiger partial charge < -0.3 is 20.5 Å². The molecule has 3 N–H and O–H groups in total. The number of benzene rings is 2. The van der Waals surface area contributed by atoms with E-state index in [2.05, 4.69) is 40.7 Å². The van der Waals surface area contributed by atoms with E-state index in [0.29, 0.717) is 23.7 Å². The Balaban J connectivity index is 1.73. The van der Waals surface area contributed by atoms with Gasteiger partial charge in [-0.05, 0) is 55.7 Å². The third-order valence-corrected chi connectivity index (χ3v) is 4.65. The second kappa shape index (κ2) is 8.82. The second-order valence-corrected chi connectivity index (χ2v) is 7.16. The van der Waals surface area contributed by atoms with Crippen LogP contribution in [-0.4, -0.2) is 36.4 Å². The lowest BCUT2D eigenvalue weighted by Gasteiger charge is -2.12. The Morgan fingerprint density at radius 3 is 2.69 bits per heavy atom. The highest BCUT2D eigenvalue weighted by Gasteiger charge is 2.19. The van der Waals surface area contributed by atoms with Crippen molar-refractivity contribution in [3.63, 3.8) is 0 Å². The van der Waals surface area contributed by atoms with Gasteiger partial charge in [0.25, 0.3) is 5.91 Å². The summed E-state index contributed by atoms with van der Waals surface area (Å²) < 4.78 is 5.50. The highest BCUT2D eigenvalue weighted by molar-refractivity contribution is 6.49. The number of phenolic OH excluding ortho intramolecular Hbond substituents is 1. The molecule has 6 nitrogen and oxygen atoms in total. The normalized spacial score (nSPS) is 13.1. The Labute approximate surface area is 171 Å². The van der Waals surface area contributed by atoms with Crippen LogP contribution in [0.1, 0.15) is 31.9 Å². The number of aryl methyl sites for hydroxylation is 1. The van der Waals surface area contributed by atoms with Gasteiger partial charge in [-0.25, -0.2) is 0 Å². The molecule has 1 heterocycles. The number of anilines is 2. The average Bonchev–Trinajstić information content (AvgIpc) is 3.19. The lowest BCUT2D eigenvalue weighted by Crippen LogP contribution is -2.20. The minimum Gasteiger partial charge on any atom is -0.504 e. The van der Waals surface area contributed by atoms with Crippen LogP contribution in [-0.2, 0) is 11.2 Å². The highest BCUT2D eigenvalue weighted by Crippen LogP contribution is 2.31. The van der Waals surface area contributed by atoms with E-state index in [9.17, 15) is 9.90 Å². The first kappa shape index (κ1) is 20.5. The summed E-state index contributed by atoms with van der Waals surface area (Å²) in [6.45, 7) is 6.34. The molecule has 0 aromatic heterocycles. The van der Waals surface area contributed by atoms with Gasteiger partial charge in [0.15, 0.2) is 11.5 Å². The zero-order valence-corrected chi connectivity index (χ0v) is 17.2. The number of aromatic hydroxyl groups is 1. The molecular weight excluding hydrogens is 366 g/mol. The summed E-state index contributed by atoms with van der Waals surface area (Å²) >= 11 is 0. The van der Waals surface area contributed by atoms with Gasteiger partial charge in [-0.1, -0.05) is 19.1 Å². The molecule has 152 valence electrons. The number of hydrogen-bond donors (Lipinski definition) is 3. The van der Waals surface area contributed by atoms with Gasteiger partial charge in [0, 0.05) is 30.1 Å². The summed E-state index contributed by atoms with van der Waals surface area (Å²) in [5.41, 5.74) is 5.16. The molecule has 29 heavy (non-hydrogen) atoms. The van der Waals surface area contributed by atoms with Crippen LogP contribution in [0.2, 0.25) is 0 Å². The van der Waals surface area contributed by atoms with Crippen LogP contribution in [0.4, 0.5) is 11.4 Å². The van der Waals surface area contributed by atoms with E-state index in [-0.39, 0.29) is 17.8 Å². The fourth-order valence-corrected chi connectivity index (χ4v) is 3.17. The van der Waals surface area contributed by atoms with Gasteiger partial charge in [0.1, 0.15) is 5.71 Å². The minimum atomic E-state index is -0.312. The molecule has 0 saturated carbocycles. The number of carbonyl (C=O) groups is 1. The molecule has 2 aromatic carbocycles. The SMILES string of the molecule is CCc1ccc(C2=CC(C(=O)Nc3ccc(OC(C)C)c(O)c3)=NC2)c(NC)c1. The number of hydrogen-bond acceptors (Lipinski definition) is 5. The quantitative estimate of drug-likeness (QED) is 0.656. The molecule has 0 fully saturated rings. The van der Waals surface area contributed by atoms with Gasteiger partial charge in [-0.15, -0.1) is 0 Å². The zero-order chi connectivity index (χ0) is 21.0. The molecule has 0 spiro atoms. The molecule has 0 unspecified atom stereocenters. The number of carbonyl (C=O) groups excluding carboxylic acids is 1. The first-order chi connectivity index (χ1) is 13.9. The largest absolute Gasteiger partial charge is 0.504 e. The molecule has 1 aliphatic heterocycles. The van der Waals surface area contributed by atoms with Crippen molar-refractivity contribution in [2.24, 2.45) is 4.99 Å².